The Labute approximate surface area is 146 Å². The quantitative estimate of drug-likeness (QED) is 0.900. The smallest absolute Gasteiger partial charge is 0.273 e. The van der Waals surface area contributed by atoms with E-state index in [4.69, 9.17) is 4.74 Å². The van der Waals surface area contributed by atoms with Crippen LogP contribution in [0.1, 0.15) is 65.6 Å². The predicted octanol–water partition coefficient (Wildman–Crippen LogP) is 3.29. The van der Waals surface area contributed by atoms with E-state index in [9.17, 15) is 4.79 Å². The zero-order chi connectivity index (χ0) is 17.1. The molecular formula is C17H24N4O2S. The van der Waals surface area contributed by atoms with Crippen LogP contribution in [0.25, 0.3) is 0 Å². The number of carbonyl (C=O) groups is 1. The average molecular weight is 348 g/mol. The lowest BCUT2D eigenvalue weighted by atomic mass is 9.94. The van der Waals surface area contributed by atoms with Crippen LogP contribution in [0.15, 0.2) is 11.4 Å². The van der Waals surface area contributed by atoms with Gasteiger partial charge in [0.2, 0.25) is 0 Å². The molecule has 3 heterocycles. The normalized spacial score (nSPS) is 19.5. The van der Waals surface area contributed by atoms with Gasteiger partial charge in [-0.05, 0) is 39.7 Å². The SMILES string of the molecule is CCO[C@@H](C)c1nc(C(=O)N2CCC[C@@H](c3cc(C)[nH]n3)C2)cs1. The van der Waals surface area contributed by atoms with Crippen molar-refractivity contribution in [3.8, 4) is 0 Å². The second kappa shape index (κ2) is 7.44. The fourth-order valence-electron chi connectivity index (χ4n) is 3.11. The average Bonchev–Trinajstić information content (AvgIpc) is 3.24. The van der Waals surface area contributed by atoms with Crippen LogP contribution < -0.4 is 0 Å². The number of nitrogens with one attached hydrogen (secondary N) is 1. The van der Waals surface area contributed by atoms with Crippen LogP contribution in [-0.4, -0.2) is 45.7 Å². The highest BCUT2D eigenvalue weighted by atomic mass is 32.1. The zero-order valence-corrected chi connectivity index (χ0v) is 15.2. The summed E-state index contributed by atoms with van der Waals surface area (Å²) in [4.78, 5) is 19.2. The fourth-order valence-corrected chi connectivity index (χ4v) is 3.90. The first-order valence-corrected chi connectivity index (χ1v) is 9.34. The van der Waals surface area contributed by atoms with E-state index in [-0.39, 0.29) is 12.0 Å². The van der Waals surface area contributed by atoms with Gasteiger partial charge >= 0.3 is 0 Å². The molecule has 1 N–H and O–H groups in total. The molecule has 1 aliphatic heterocycles. The fraction of sp³-hybridized carbons (Fsp3) is 0.588. The number of ether oxygens (including phenoxy) is 1. The maximum absolute atomic E-state index is 12.8. The molecule has 0 aromatic carbocycles. The lowest BCUT2D eigenvalue weighted by molar-refractivity contribution is 0.0691. The summed E-state index contributed by atoms with van der Waals surface area (Å²) in [6.45, 7) is 8.05. The molecule has 0 spiro atoms. The van der Waals surface area contributed by atoms with E-state index < -0.39 is 0 Å². The van der Waals surface area contributed by atoms with Crippen LogP contribution in [-0.2, 0) is 4.74 Å². The Bertz CT molecular complexity index is 696. The van der Waals surface area contributed by atoms with Crippen LogP contribution >= 0.6 is 11.3 Å². The van der Waals surface area contributed by atoms with E-state index in [1.807, 2.05) is 31.1 Å². The second-order valence-electron chi connectivity index (χ2n) is 6.23. The van der Waals surface area contributed by atoms with E-state index in [1.54, 1.807) is 0 Å². The van der Waals surface area contributed by atoms with Gasteiger partial charge in [0.05, 0.1) is 5.69 Å². The first kappa shape index (κ1) is 17.1. The summed E-state index contributed by atoms with van der Waals surface area (Å²) < 4.78 is 5.55. The van der Waals surface area contributed by atoms with Gasteiger partial charge in [0.15, 0.2) is 0 Å². The summed E-state index contributed by atoms with van der Waals surface area (Å²) in [7, 11) is 0. The topological polar surface area (TPSA) is 71.1 Å². The number of amides is 1. The molecular weight excluding hydrogens is 324 g/mol. The first-order valence-electron chi connectivity index (χ1n) is 8.46. The molecule has 3 rings (SSSR count). The Balaban J connectivity index is 1.68. The van der Waals surface area contributed by atoms with Crippen molar-refractivity contribution >= 4 is 17.2 Å². The molecule has 2 aromatic rings. The molecule has 130 valence electrons. The molecule has 7 heteroatoms. The molecule has 2 aromatic heterocycles. The molecule has 24 heavy (non-hydrogen) atoms. The summed E-state index contributed by atoms with van der Waals surface area (Å²) in [5.74, 6) is 0.311. The van der Waals surface area contributed by atoms with Gasteiger partial charge in [-0.3, -0.25) is 9.89 Å². The number of likely N-dealkylation sites (tertiary alicyclic amines) is 1. The summed E-state index contributed by atoms with van der Waals surface area (Å²) in [5, 5.41) is 10.1. The van der Waals surface area contributed by atoms with Crippen molar-refractivity contribution in [1.82, 2.24) is 20.1 Å². The Morgan fingerprint density at radius 2 is 2.42 bits per heavy atom. The van der Waals surface area contributed by atoms with Gasteiger partial charge in [0.1, 0.15) is 16.8 Å². The van der Waals surface area contributed by atoms with Crippen molar-refractivity contribution in [2.75, 3.05) is 19.7 Å². The second-order valence-corrected chi connectivity index (χ2v) is 7.12. The van der Waals surface area contributed by atoms with Crippen molar-refractivity contribution in [1.29, 1.82) is 0 Å². The van der Waals surface area contributed by atoms with Gasteiger partial charge in [-0.25, -0.2) is 4.98 Å². The van der Waals surface area contributed by atoms with Crippen LogP contribution in [0.2, 0.25) is 0 Å². The number of aryl methyl sites for hydroxylation is 1. The number of hydrogen-bond acceptors (Lipinski definition) is 5. The lowest BCUT2D eigenvalue weighted by Gasteiger charge is -2.31. The number of H-pyrrole nitrogens is 1. The number of rotatable bonds is 5. The molecule has 0 bridgehead atoms. The highest BCUT2D eigenvalue weighted by Crippen LogP contribution is 2.28. The van der Waals surface area contributed by atoms with Crippen LogP contribution in [0.3, 0.4) is 0 Å². The molecule has 0 saturated carbocycles. The van der Waals surface area contributed by atoms with E-state index >= 15 is 0 Å². The molecule has 1 fully saturated rings. The first-order chi connectivity index (χ1) is 11.6. The van der Waals surface area contributed by atoms with Gasteiger partial charge in [0.25, 0.3) is 5.91 Å². The van der Waals surface area contributed by atoms with E-state index in [0.29, 0.717) is 24.8 Å². The minimum atomic E-state index is -0.0670. The van der Waals surface area contributed by atoms with Gasteiger partial charge in [-0.15, -0.1) is 11.3 Å². The maximum atomic E-state index is 12.8. The summed E-state index contributed by atoms with van der Waals surface area (Å²) in [6.07, 6.45) is 1.99. The third-order valence-corrected chi connectivity index (χ3v) is 5.36. The molecule has 0 unspecified atom stereocenters. The van der Waals surface area contributed by atoms with Gasteiger partial charge in [0, 0.05) is 36.7 Å². The molecule has 1 aliphatic rings. The number of carbonyl (C=O) groups excluding carboxylic acids is 1. The number of nitrogens with zero attached hydrogens (tertiary/aromatic N) is 3. The Morgan fingerprint density at radius 1 is 1.58 bits per heavy atom. The number of aromatic nitrogens is 3. The molecule has 2 atom stereocenters. The number of aromatic amines is 1. The molecule has 1 saturated heterocycles. The van der Waals surface area contributed by atoms with E-state index in [1.165, 1.54) is 11.3 Å². The summed E-state index contributed by atoms with van der Waals surface area (Å²) >= 11 is 1.49. The van der Waals surface area contributed by atoms with Gasteiger partial charge in [-0.2, -0.15) is 5.10 Å². The van der Waals surface area contributed by atoms with Crippen molar-refractivity contribution in [2.24, 2.45) is 0 Å². The van der Waals surface area contributed by atoms with E-state index in [2.05, 4.69) is 21.2 Å². The van der Waals surface area contributed by atoms with Crippen LogP contribution in [0.4, 0.5) is 0 Å². The Kier molecular flexibility index (Phi) is 5.30. The number of piperidine rings is 1. The summed E-state index contributed by atoms with van der Waals surface area (Å²) in [5.41, 5.74) is 2.64. The van der Waals surface area contributed by atoms with Crippen LogP contribution in [0, 0.1) is 6.92 Å². The lowest BCUT2D eigenvalue weighted by Crippen LogP contribution is -2.39. The summed E-state index contributed by atoms with van der Waals surface area (Å²) in [6, 6.07) is 2.07. The standard InChI is InChI=1S/C17H24N4O2S/c1-4-23-12(3)16-18-15(10-24-16)17(22)21-7-5-6-13(9-21)14-8-11(2)19-20-14/h8,10,12-13H,4-7,9H2,1-3H3,(H,19,20)/t12-,13+/m0/s1. The third kappa shape index (κ3) is 3.67. The Hall–Kier alpha value is -1.73. The predicted molar refractivity (Wildman–Crippen MR) is 93.4 cm³/mol. The number of hydrogen-bond donors (Lipinski definition) is 1. The van der Waals surface area contributed by atoms with Crippen LogP contribution in [0.5, 0.6) is 0 Å². The third-order valence-electron chi connectivity index (χ3n) is 4.36. The van der Waals surface area contributed by atoms with Crippen molar-refractivity contribution < 1.29 is 9.53 Å². The largest absolute Gasteiger partial charge is 0.372 e. The monoisotopic (exact) mass is 348 g/mol. The van der Waals surface area contributed by atoms with Gasteiger partial charge in [-0.1, -0.05) is 0 Å². The molecule has 6 nitrogen and oxygen atoms in total. The highest BCUT2D eigenvalue weighted by Gasteiger charge is 2.28. The highest BCUT2D eigenvalue weighted by molar-refractivity contribution is 7.09. The minimum absolute atomic E-state index is 0.0122. The van der Waals surface area contributed by atoms with Crippen molar-refractivity contribution in [3.05, 3.63) is 33.5 Å². The van der Waals surface area contributed by atoms with E-state index in [0.717, 1.165) is 35.8 Å². The molecule has 1 amide bonds. The zero-order valence-electron chi connectivity index (χ0n) is 14.4. The Morgan fingerprint density at radius 3 is 3.12 bits per heavy atom. The molecule has 0 radical (unpaired) electrons. The van der Waals surface area contributed by atoms with Crippen molar-refractivity contribution in [2.45, 2.75) is 45.6 Å². The van der Waals surface area contributed by atoms with Gasteiger partial charge < -0.3 is 9.64 Å². The molecule has 0 aliphatic carbocycles. The number of thiazole rings is 1. The minimum Gasteiger partial charge on any atom is -0.372 e. The van der Waals surface area contributed by atoms with Crippen molar-refractivity contribution in [3.63, 3.8) is 0 Å². The maximum Gasteiger partial charge on any atom is 0.273 e.